The van der Waals surface area contributed by atoms with Crippen molar-refractivity contribution in [1.29, 1.82) is 0 Å². The third-order valence-corrected chi connectivity index (χ3v) is 5.15. The van der Waals surface area contributed by atoms with Crippen LogP contribution in [0.2, 0.25) is 5.02 Å². The zero-order chi connectivity index (χ0) is 16.3. The summed E-state index contributed by atoms with van der Waals surface area (Å²) >= 11 is 5.94. The Bertz CT molecular complexity index is 908. The van der Waals surface area contributed by atoms with Gasteiger partial charge in [-0.05, 0) is 24.3 Å². The number of sulfonamides is 1. The molecule has 1 heterocycles. The fourth-order valence-electron chi connectivity index (χ4n) is 2.09. The molecule has 0 saturated carbocycles. The number of hydrogen-bond acceptors (Lipinski definition) is 3. The van der Waals surface area contributed by atoms with Gasteiger partial charge in [-0.2, -0.15) is 5.10 Å². The molecule has 0 radical (unpaired) electrons. The molecule has 1 aromatic heterocycles. The number of para-hydroxylation sites is 1. The second-order valence-corrected chi connectivity index (χ2v) is 7.03. The van der Waals surface area contributed by atoms with Crippen LogP contribution in [0.25, 0.3) is 5.69 Å². The smallest absolute Gasteiger partial charge is 0.241 e. The van der Waals surface area contributed by atoms with Crippen LogP contribution in [0.4, 0.5) is 0 Å². The quantitative estimate of drug-likeness (QED) is 0.771. The van der Waals surface area contributed by atoms with E-state index in [4.69, 9.17) is 11.6 Å². The monoisotopic (exact) mass is 347 g/mol. The zero-order valence-corrected chi connectivity index (χ0v) is 13.6. The third-order valence-electron chi connectivity index (χ3n) is 3.25. The highest BCUT2D eigenvalue weighted by molar-refractivity contribution is 7.89. The van der Waals surface area contributed by atoms with Crippen molar-refractivity contribution in [3.05, 3.63) is 77.6 Å². The van der Waals surface area contributed by atoms with Crippen LogP contribution in [0.15, 0.2) is 71.9 Å². The molecule has 0 saturated heterocycles. The minimum absolute atomic E-state index is 0.0668. The number of nitrogens with zero attached hydrogens (tertiary/aromatic N) is 2. The summed E-state index contributed by atoms with van der Waals surface area (Å²) in [5.74, 6) is 0. The predicted molar refractivity (Wildman–Crippen MR) is 89.0 cm³/mol. The molecule has 0 atom stereocenters. The maximum absolute atomic E-state index is 12.3. The van der Waals surface area contributed by atoms with E-state index in [2.05, 4.69) is 9.82 Å². The topological polar surface area (TPSA) is 64.0 Å². The lowest BCUT2D eigenvalue weighted by molar-refractivity contribution is 0.581. The maximum Gasteiger partial charge on any atom is 0.242 e. The molecule has 5 nitrogen and oxygen atoms in total. The van der Waals surface area contributed by atoms with E-state index < -0.39 is 10.0 Å². The van der Waals surface area contributed by atoms with Crippen LogP contribution in [0.1, 0.15) is 5.56 Å². The van der Waals surface area contributed by atoms with E-state index in [1.54, 1.807) is 35.3 Å². The first-order valence-corrected chi connectivity index (χ1v) is 8.75. The molecule has 3 rings (SSSR count). The molecular weight excluding hydrogens is 334 g/mol. The van der Waals surface area contributed by atoms with Gasteiger partial charge in [0, 0.05) is 18.3 Å². The minimum Gasteiger partial charge on any atom is -0.241 e. The molecule has 0 aliphatic rings. The van der Waals surface area contributed by atoms with Gasteiger partial charge in [-0.15, -0.1) is 0 Å². The van der Waals surface area contributed by atoms with Crippen molar-refractivity contribution >= 4 is 21.6 Å². The van der Waals surface area contributed by atoms with Gasteiger partial charge in [0.1, 0.15) is 4.90 Å². The summed E-state index contributed by atoms with van der Waals surface area (Å²) in [5, 5.41) is 4.43. The van der Waals surface area contributed by atoms with E-state index >= 15 is 0 Å². The number of aromatic nitrogens is 2. The van der Waals surface area contributed by atoms with E-state index in [1.165, 1.54) is 6.07 Å². The molecule has 7 heteroatoms. The number of benzene rings is 2. The average molecular weight is 348 g/mol. The number of hydrogen-bond donors (Lipinski definition) is 1. The predicted octanol–water partition coefficient (Wildman–Crippen LogP) is 3.00. The average Bonchev–Trinajstić information content (AvgIpc) is 3.03. The molecule has 2 aromatic carbocycles. The molecule has 0 aliphatic heterocycles. The summed E-state index contributed by atoms with van der Waals surface area (Å²) in [6.07, 6.45) is 3.41. The zero-order valence-electron chi connectivity index (χ0n) is 12.1. The van der Waals surface area contributed by atoms with Crippen molar-refractivity contribution in [2.75, 3.05) is 0 Å². The van der Waals surface area contributed by atoms with Crippen molar-refractivity contribution in [3.63, 3.8) is 0 Å². The van der Waals surface area contributed by atoms with Crippen molar-refractivity contribution in [3.8, 4) is 5.69 Å². The van der Waals surface area contributed by atoms with Gasteiger partial charge in [-0.25, -0.2) is 17.8 Å². The van der Waals surface area contributed by atoms with Crippen LogP contribution in [0.3, 0.4) is 0 Å². The Morgan fingerprint density at radius 2 is 1.74 bits per heavy atom. The molecular formula is C16H14ClN3O2S. The Balaban J connectivity index is 1.74. The van der Waals surface area contributed by atoms with Gasteiger partial charge < -0.3 is 0 Å². The lowest BCUT2D eigenvalue weighted by atomic mass is 10.3. The number of nitrogens with one attached hydrogen (secondary N) is 1. The molecule has 0 unspecified atom stereocenters. The molecule has 0 spiro atoms. The lowest BCUT2D eigenvalue weighted by Gasteiger charge is -2.07. The first-order valence-electron chi connectivity index (χ1n) is 6.89. The van der Waals surface area contributed by atoms with E-state index in [0.29, 0.717) is 0 Å². The van der Waals surface area contributed by atoms with Crippen LogP contribution in [0.5, 0.6) is 0 Å². The molecule has 0 aliphatic carbocycles. The summed E-state index contributed by atoms with van der Waals surface area (Å²) in [4.78, 5) is 0.0668. The fraction of sp³-hybridized carbons (Fsp3) is 0.0625. The minimum atomic E-state index is -3.66. The Hall–Kier alpha value is -2.15. The highest BCUT2D eigenvalue weighted by Crippen LogP contribution is 2.20. The Labute approximate surface area is 139 Å². The summed E-state index contributed by atoms with van der Waals surface area (Å²) in [6, 6.07) is 15.9. The molecule has 0 fully saturated rings. The van der Waals surface area contributed by atoms with E-state index in [9.17, 15) is 8.42 Å². The van der Waals surface area contributed by atoms with Gasteiger partial charge in [0.05, 0.1) is 16.9 Å². The Kier molecular flexibility index (Phi) is 4.47. The number of rotatable bonds is 5. The van der Waals surface area contributed by atoms with Crippen LogP contribution in [-0.2, 0) is 16.6 Å². The largest absolute Gasteiger partial charge is 0.242 e. The Morgan fingerprint density at radius 3 is 2.48 bits per heavy atom. The van der Waals surface area contributed by atoms with Crippen molar-refractivity contribution < 1.29 is 8.42 Å². The van der Waals surface area contributed by atoms with E-state index in [-0.39, 0.29) is 16.5 Å². The normalized spacial score (nSPS) is 11.5. The van der Waals surface area contributed by atoms with Gasteiger partial charge in [0.2, 0.25) is 10.0 Å². The van der Waals surface area contributed by atoms with Crippen LogP contribution >= 0.6 is 11.6 Å². The molecule has 23 heavy (non-hydrogen) atoms. The SMILES string of the molecule is O=S(=O)(NCc1cnn(-c2ccccc2)c1)c1ccccc1Cl. The van der Waals surface area contributed by atoms with Gasteiger partial charge in [0.15, 0.2) is 0 Å². The van der Waals surface area contributed by atoms with Gasteiger partial charge in [-0.3, -0.25) is 0 Å². The first kappa shape index (κ1) is 15.7. The molecule has 118 valence electrons. The molecule has 1 N–H and O–H groups in total. The highest BCUT2D eigenvalue weighted by atomic mass is 35.5. The number of halogens is 1. The highest BCUT2D eigenvalue weighted by Gasteiger charge is 2.17. The lowest BCUT2D eigenvalue weighted by Crippen LogP contribution is -2.23. The van der Waals surface area contributed by atoms with Crippen LogP contribution < -0.4 is 4.72 Å². The second-order valence-electron chi connectivity index (χ2n) is 4.88. The van der Waals surface area contributed by atoms with Gasteiger partial charge in [-0.1, -0.05) is 41.9 Å². The summed E-state index contributed by atoms with van der Waals surface area (Å²) < 4.78 is 28.8. The molecule has 0 amide bonds. The first-order chi connectivity index (χ1) is 11.1. The van der Waals surface area contributed by atoms with Crippen molar-refractivity contribution in [1.82, 2.24) is 14.5 Å². The van der Waals surface area contributed by atoms with E-state index in [1.807, 2.05) is 30.3 Å². The fourth-order valence-corrected chi connectivity index (χ4v) is 3.63. The third kappa shape index (κ3) is 3.61. The maximum atomic E-state index is 12.3. The van der Waals surface area contributed by atoms with Gasteiger partial charge in [0.25, 0.3) is 0 Å². The van der Waals surface area contributed by atoms with E-state index in [0.717, 1.165) is 11.3 Å². The van der Waals surface area contributed by atoms with Crippen molar-refractivity contribution in [2.24, 2.45) is 0 Å². The van der Waals surface area contributed by atoms with Gasteiger partial charge >= 0.3 is 0 Å². The van der Waals surface area contributed by atoms with Crippen molar-refractivity contribution in [2.45, 2.75) is 11.4 Å². The molecule has 0 bridgehead atoms. The molecule has 3 aromatic rings. The van der Waals surface area contributed by atoms with Crippen LogP contribution in [-0.4, -0.2) is 18.2 Å². The summed E-state index contributed by atoms with van der Waals surface area (Å²) in [5.41, 5.74) is 1.66. The Morgan fingerprint density at radius 1 is 1.04 bits per heavy atom. The summed E-state index contributed by atoms with van der Waals surface area (Å²) in [7, 11) is -3.66. The van der Waals surface area contributed by atoms with Crippen LogP contribution in [0, 0.1) is 0 Å². The second kappa shape index (κ2) is 6.54. The standard InChI is InChI=1S/C16H14ClN3O2S/c17-15-8-4-5-9-16(15)23(21,22)19-11-13-10-18-20(12-13)14-6-2-1-3-7-14/h1-10,12,19H,11H2. The summed E-state index contributed by atoms with van der Waals surface area (Å²) in [6.45, 7) is 0.139.